The van der Waals surface area contributed by atoms with Gasteiger partial charge < -0.3 is 15.0 Å². The Morgan fingerprint density at radius 1 is 1.09 bits per heavy atom. The van der Waals surface area contributed by atoms with E-state index >= 15 is 0 Å². The average molecular weight is 471 g/mol. The number of esters is 1. The van der Waals surface area contributed by atoms with Crippen LogP contribution in [0, 0.1) is 6.92 Å². The van der Waals surface area contributed by atoms with Gasteiger partial charge in [0.05, 0.1) is 0 Å². The zero-order valence-electron chi connectivity index (χ0n) is 18.7. The summed E-state index contributed by atoms with van der Waals surface area (Å²) < 4.78 is 5.09. The van der Waals surface area contributed by atoms with Gasteiger partial charge in [0.25, 0.3) is 11.8 Å². The fourth-order valence-corrected chi connectivity index (χ4v) is 4.50. The van der Waals surface area contributed by atoms with Crippen LogP contribution in [0.25, 0.3) is 0 Å². The lowest BCUT2D eigenvalue weighted by molar-refractivity contribution is -0.157. The quantitative estimate of drug-likeness (QED) is 0.626. The molecule has 8 heteroatoms. The van der Waals surface area contributed by atoms with E-state index < -0.39 is 29.9 Å². The summed E-state index contributed by atoms with van der Waals surface area (Å²) in [6.07, 6.45) is 2.30. The molecule has 1 saturated carbocycles. The van der Waals surface area contributed by atoms with Crippen LogP contribution >= 0.6 is 11.6 Å². The number of ketones is 1. The normalized spacial score (nSPS) is 17.8. The Labute approximate surface area is 198 Å². The minimum Gasteiger partial charge on any atom is -0.454 e. The summed E-state index contributed by atoms with van der Waals surface area (Å²) in [6.45, 7) is 0.872. The molecule has 2 aromatic carbocycles. The Morgan fingerprint density at radius 3 is 2.48 bits per heavy atom. The molecule has 1 fully saturated rings. The Morgan fingerprint density at radius 2 is 1.79 bits per heavy atom. The number of Topliss-reactive ketones (excluding diaryl/α,β-unsaturated/α-hetero) is 1. The Kier molecular flexibility index (Phi) is 7.87. The van der Waals surface area contributed by atoms with Crippen molar-refractivity contribution in [3.63, 3.8) is 0 Å². The maximum Gasteiger partial charge on any atom is 0.325 e. The summed E-state index contributed by atoms with van der Waals surface area (Å²) in [5.74, 6) is -1.77. The first-order valence-corrected chi connectivity index (χ1v) is 11.2. The molecule has 3 rings (SSSR count). The van der Waals surface area contributed by atoms with Crippen LogP contribution in [0.4, 0.5) is 0 Å². The van der Waals surface area contributed by atoms with E-state index in [-0.39, 0.29) is 12.3 Å². The summed E-state index contributed by atoms with van der Waals surface area (Å²) in [5, 5.41) is 2.90. The number of nitrogens with one attached hydrogen (secondary N) is 1. The van der Waals surface area contributed by atoms with Gasteiger partial charge in [0, 0.05) is 29.6 Å². The first kappa shape index (κ1) is 24.5. The minimum absolute atomic E-state index is 0.0884. The van der Waals surface area contributed by atoms with E-state index in [1.165, 1.54) is 11.9 Å². The number of hydrogen-bond acceptors (Lipinski definition) is 5. The van der Waals surface area contributed by atoms with Crippen LogP contribution in [0.2, 0.25) is 5.02 Å². The van der Waals surface area contributed by atoms with Gasteiger partial charge in [-0.3, -0.25) is 19.2 Å². The molecule has 1 atom stereocenters. The minimum atomic E-state index is -1.20. The van der Waals surface area contributed by atoms with Crippen molar-refractivity contribution in [3.8, 4) is 0 Å². The predicted octanol–water partition coefficient (Wildman–Crippen LogP) is 3.42. The summed E-state index contributed by atoms with van der Waals surface area (Å²) in [5.41, 5.74) is 0.615. The van der Waals surface area contributed by atoms with Crippen molar-refractivity contribution in [1.29, 1.82) is 0 Å². The second-order valence-corrected chi connectivity index (χ2v) is 8.49. The van der Waals surface area contributed by atoms with E-state index in [9.17, 15) is 19.2 Å². The second kappa shape index (κ2) is 10.6. The second-order valence-electron chi connectivity index (χ2n) is 8.08. The van der Waals surface area contributed by atoms with E-state index in [0.717, 1.165) is 18.4 Å². The molecule has 0 heterocycles. The smallest absolute Gasteiger partial charge is 0.325 e. The molecule has 7 nitrogen and oxygen atoms in total. The van der Waals surface area contributed by atoms with Crippen LogP contribution in [0.1, 0.15) is 47.2 Å². The Balaban J connectivity index is 1.64. The maximum atomic E-state index is 13.1. The van der Waals surface area contributed by atoms with Gasteiger partial charge >= 0.3 is 5.97 Å². The zero-order valence-corrected chi connectivity index (χ0v) is 19.5. The number of ether oxygens (including phenoxy) is 1. The van der Waals surface area contributed by atoms with Crippen molar-refractivity contribution in [2.75, 3.05) is 20.2 Å². The molecule has 0 radical (unpaired) electrons. The summed E-state index contributed by atoms with van der Waals surface area (Å²) in [6, 6.07) is 14.0. The number of benzene rings is 2. The maximum absolute atomic E-state index is 13.1. The van der Waals surface area contributed by atoms with Gasteiger partial charge in [-0.2, -0.15) is 0 Å². The third-order valence-electron chi connectivity index (χ3n) is 6.06. The number of amides is 2. The van der Waals surface area contributed by atoms with Gasteiger partial charge in [-0.25, -0.2) is 0 Å². The molecule has 2 aromatic rings. The highest BCUT2D eigenvalue weighted by Gasteiger charge is 2.48. The number of likely N-dealkylation sites (N-methyl/N-ethyl adjacent to an activating group) is 1. The molecular formula is C25H27ClN2O5. The standard InChI is InChI=1S/C25H27ClN2O5/c1-17-9-3-4-10-18(17)24(32)27-15-23(31)33-16-22(30)28(2)25(14-8-7-13-21(25)29)19-11-5-6-12-20(19)26/h3-6,9-12H,7-8,13-16H2,1-2H3,(H,27,32). The molecule has 0 bridgehead atoms. The van der Waals surface area contributed by atoms with E-state index in [0.29, 0.717) is 29.0 Å². The first-order chi connectivity index (χ1) is 15.8. The number of hydrogen-bond donors (Lipinski definition) is 1. The SMILES string of the molecule is Cc1ccccc1C(=O)NCC(=O)OCC(=O)N(C)C1(c2ccccc2Cl)CCCCC1=O. The van der Waals surface area contributed by atoms with Gasteiger partial charge in [0.1, 0.15) is 12.1 Å². The summed E-state index contributed by atoms with van der Waals surface area (Å²) in [4.78, 5) is 51.8. The van der Waals surface area contributed by atoms with Crippen LogP contribution in [0.15, 0.2) is 48.5 Å². The molecule has 0 aliphatic heterocycles. The third kappa shape index (κ3) is 5.25. The van der Waals surface area contributed by atoms with Crippen LogP contribution in [0.5, 0.6) is 0 Å². The molecule has 1 aliphatic carbocycles. The van der Waals surface area contributed by atoms with Crippen molar-refractivity contribution in [1.82, 2.24) is 10.2 Å². The fraction of sp³-hybridized carbons (Fsp3) is 0.360. The molecule has 33 heavy (non-hydrogen) atoms. The topological polar surface area (TPSA) is 92.8 Å². The van der Waals surface area contributed by atoms with E-state index in [4.69, 9.17) is 16.3 Å². The van der Waals surface area contributed by atoms with Crippen LogP contribution in [-0.2, 0) is 24.7 Å². The van der Waals surface area contributed by atoms with Gasteiger partial charge in [-0.05, 0) is 43.9 Å². The molecule has 1 unspecified atom stereocenters. The number of halogens is 1. The van der Waals surface area contributed by atoms with E-state index in [1.54, 1.807) is 49.4 Å². The van der Waals surface area contributed by atoms with Crippen molar-refractivity contribution in [3.05, 3.63) is 70.2 Å². The van der Waals surface area contributed by atoms with Crippen LogP contribution < -0.4 is 5.32 Å². The number of nitrogens with zero attached hydrogens (tertiary/aromatic N) is 1. The van der Waals surface area contributed by atoms with Gasteiger partial charge in [-0.1, -0.05) is 48.0 Å². The predicted molar refractivity (Wildman–Crippen MR) is 124 cm³/mol. The first-order valence-electron chi connectivity index (χ1n) is 10.8. The number of carbonyl (C=O) groups excluding carboxylic acids is 4. The fourth-order valence-electron chi connectivity index (χ4n) is 4.21. The van der Waals surface area contributed by atoms with Crippen LogP contribution in [0.3, 0.4) is 0 Å². The molecule has 174 valence electrons. The molecule has 0 saturated heterocycles. The lowest BCUT2D eigenvalue weighted by Gasteiger charge is -2.43. The summed E-state index contributed by atoms with van der Waals surface area (Å²) in [7, 11) is 1.53. The Bertz CT molecular complexity index is 1070. The van der Waals surface area contributed by atoms with Crippen LogP contribution in [-0.4, -0.2) is 48.7 Å². The van der Waals surface area contributed by atoms with Crippen molar-refractivity contribution in [2.45, 2.75) is 38.1 Å². The van der Waals surface area contributed by atoms with Crippen molar-refractivity contribution < 1.29 is 23.9 Å². The zero-order chi connectivity index (χ0) is 24.0. The van der Waals surface area contributed by atoms with Crippen molar-refractivity contribution >= 4 is 35.2 Å². The molecule has 1 aliphatic rings. The lowest BCUT2D eigenvalue weighted by atomic mass is 9.74. The van der Waals surface area contributed by atoms with Gasteiger partial charge in [0.15, 0.2) is 12.4 Å². The highest BCUT2D eigenvalue weighted by atomic mass is 35.5. The molecule has 2 amide bonds. The third-order valence-corrected chi connectivity index (χ3v) is 6.39. The highest BCUT2D eigenvalue weighted by Crippen LogP contribution is 2.42. The molecule has 1 N–H and O–H groups in total. The van der Waals surface area contributed by atoms with Gasteiger partial charge in [0.2, 0.25) is 0 Å². The monoisotopic (exact) mass is 470 g/mol. The van der Waals surface area contributed by atoms with E-state index in [2.05, 4.69) is 5.32 Å². The lowest BCUT2D eigenvalue weighted by Crippen LogP contribution is -2.55. The number of aryl methyl sites for hydroxylation is 1. The Hall–Kier alpha value is -3.19. The highest BCUT2D eigenvalue weighted by molar-refractivity contribution is 6.31. The molecular weight excluding hydrogens is 444 g/mol. The summed E-state index contributed by atoms with van der Waals surface area (Å²) >= 11 is 6.41. The number of rotatable bonds is 7. The van der Waals surface area contributed by atoms with E-state index in [1.807, 2.05) is 6.07 Å². The van der Waals surface area contributed by atoms with Gasteiger partial charge in [-0.15, -0.1) is 0 Å². The average Bonchev–Trinajstić information content (AvgIpc) is 2.81. The number of carbonyl (C=O) groups is 4. The van der Waals surface area contributed by atoms with Crippen molar-refractivity contribution in [2.24, 2.45) is 0 Å². The largest absolute Gasteiger partial charge is 0.454 e. The molecule has 0 spiro atoms. The molecule has 0 aromatic heterocycles.